The molecular formula is C23H23N3O3. The van der Waals surface area contributed by atoms with Gasteiger partial charge in [-0.05, 0) is 48.9 Å². The first-order valence-corrected chi connectivity index (χ1v) is 9.48. The zero-order valence-electron chi connectivity index (χ0n) is 16.2. The largest absolute Gasteiger partial charge is 0.494 e. The standard InChI is InChI=1S/C23H23N3O3/c1-2-29-20-11-9-19(10-12-20)21-13-15-23(28)26(25-21)17-16-24-22(27)14-8-18-6-4-3-5-7-18/h3-15H,2,16-17H2,1H3,(H,24,27)/b14-8+. The number of amides is 1. The van der Waals surface area contributed by atoms with Crippen molar-refractivity contribution in [3.05, 3.63) is 88.7 Å². The van der Waals surface area contributed by atoms with E-state index in [2.05, 4.69) is 10.4 Å². The molecule has 6 nitrogen and oxygen atoms in total. The highest BCUT2D eigenvalue weighted by Crippen LogP contribution is 2.19. The van der Waals surface area contributed by atoms with Crippen LogP contribution in [0.5, 0.6) is 5.75 Å². The quantitative estimate of drug-likeness (QED) is 0.601. The molecule has 148 valence electrons. The van der Waals surface area contributed by atoms with Crippen molar-refractivity contribution < 1.29 is 9.53 Å². The van der Waals surface area contributed by atoms with E-state index in [1.54, 1.807) is 12.1 Å². The summed E-state index contributed by atoms with van der Waals surface area (Å²) in [6.45, 7) is 3.13. The molecule has 2 aromatic carbocycles. The lowest BCUT2D eigenvalue weighted by atomic mass is 10.1. The Kier molecular flexibility index (Phi) is 6.95. The molecule has 1 aromatic heterocycles. The molecule has 0 unspecified atom stereocenters. The molecule has 3 aromatic rings. The summed E-state index contributed by atoms with van der Waals surface area (Å²) in [4.78, 5) is 24.0. The molecule has 3 rings (SSSR count). The van der Waals surface area contributed by atoms with Gasteiger partial charge in [-0.15, -0.1) is 0 Å². The number of benzene rings is 2. The average Bonchev–Trinajstić information content (AvgIpc) is 2.75. The summed E-state index contributed by atoms with van der Waals surface area (Å²) in [7, 11) is 0. The van der Waals surface area contributed by atoms with Crippen LogP contribution in [0.25, 0.3) is 17.3 Å². The first-order valence-electron chi connectivity index (χ1n) is 9.48. The Hall–Kier alpha value is -3.67. The lowest BCUT2D eigenvalue weighted by Crippen LogP contribution is -2.31. The maximum absolute atomic E-state index is 12.1. The van der Waals surface area contributed by atoms with Crippen LogP contribution in [0.15, 0.2) is 77.6 Å². The van der Waals surface area contributed by atoms with Gasteiger partial charge < -0.3 is 10.1 Å². The summed E-state index contributed by atoms with van der Waals surface area (Å²) in [5, 5.41) is 7.17. The number of carbonyl (C=O) groups excluding carboxylic acids is 1. The fourth-order valence-electron chi connectivity index (χ4n) is 2.73. The molecule has 29 heavy (non-hydrogen) atoms. The van der Waals surface area contributed by atoms with E-state index in [1.807, 2.05) is 61.5 Å². The van der Waals surface area contributed by atoms with Gasteiger partial charge in [0.1, 0.15) is 5.75 Å². The van der Waals surface area contributed by atoms with Crippen LogP contribution in [0.3, 0.4) is 0 Å². The monoisotopic (exact) mass is 389 g/mol. The highest BCUT2D eigenvalue weighted by Gasteiger charge is 2.05. The minimum Gasteiger partial charge on any atom is -0.494 e. The second-order valence-electron chi connectivity index (χ2n) is 6.27. The molecule has 0 saturated carbocycles. The van der Waals surface area contributed by atoms with Gasteiger partial charge in [0.25, 0.3) is 5.56 Å². The maximum Gasteiger partial charge on any atom is 0.266 e. The molecule has 1 heterocycles. The molecular weight excluding hydrogens is 366 g/mol. The summed E-state index contributed by atoms with van der Waals surface area (Å²) in [5.74, 6) is 0.570. The molecule has 0 bridgehead atoms. The van der Waals surface area contributed by atoms with Crippen LogP contribution in [0.1, 0.15) is 12.5 Å². The molecule has 0 aliphatic heterocycles. The summed E-state index contributed by atoms with van der Waals surface area (Å²) < 4.78 is 6.80. The summed E-state index contributed by atoms with van der Waals surface area (Å²) in [6, 6.07) is 20.3. The van der Waals surface area contributed by atoms with Gasteiger partial charge in [0, 0.05) is 24.3 Å². The molecule has 0 radical (unpaired) electrons. The number of aromatic nitrogens is 2. The highest BCUT2D eigenvalue weighted by molar-refractivity contribution is 5.91. The number of hydrogen-bond donors (Lipinski definition) is 1. The van der Waals surface area contributed by atoms with Gasteiger partial charge in [-0.1, -0.05) is 30.3 Å². The third-order valence-electron chi connectivity index (χ3n) is 4.18. The molecule has 0 aliphatic rings. The van der Waals surface area contributed by atoms with Crippen LogP contribution < -0.4 is 15.6 Å². The second kappa shape index (κ2) is 10.0. The van der Waals surface area contributed by atoms with E-state index in [9.17, 15) is 9.59 Å². The van der Waals surface area contributed by atoms with Crippen molar-refractivity contribution in [3.8, 4) is 17.0 Å². The van der Waals surface area contributed by atoms with Crippen LogP contribution in [0.2, 0.25) is 0 Å². The molecule has 0 saturated heterocycles. The SMILES string of the molecule is CCOc1ccc(-c2ccc(=O)n(CCNC(=O)/C=C/c3ccccc3)n2)cc1. The number of carbonyl (C=O) groups is 1. The van der Waals surface area contributed by atoms with Gasteiger partial charge in [-0.3, -0.25) is 9.59 Å². The number of hydrogen-bond acceptors (Lipinski definition) is 4. The van der Waals surface area contributed by atoms with Crippen molar-refractivity contribution in [3.63, 3.8) is 0 Å². The van der Waals surface area contributed by atoms with Crippen molar-refractivity contribution in [2.24, 2.45) is 0 Å². The van der Waals surface area contributed by atoms with E-state index in [0.29, 0.717) is 18.8 Å². The molecule has 6 heteroatoms. The molecule has 1 amide bonds. The van der Waals surface area contributed by atoms with E-state index in [1.165, 1.54) is 16.8 Å². The summed E-state index contributed by atoms with van der Waals surface area (Å²) in [6.07, 6.45) is 3.22. The van der Waals surface area contributed by atoms with Gasteiger partial charge in [0.05, 0.1) is 18.8 Å². The second-order valence-corrected chi connectivity index (χ2v) is 6.27. The smallest absolute Gasteiger partial charge is 0.266 e. The molecule has 0 aliphatic carbocycles. The van der Waals surface area contributed by atoms with Gasteiger partial charge >= 0.3 is 0 Å². The predicted molar refractivity (Wildman–Crippen MR) is 114 cm³/mol. The minimum absolute atomic E-state index is 0.214. The summed E-state index contributed by atoms with van der Waals surface area (Å²) in [5.41, 5.74) is 2.30. The lowest BCUT2D eigenvalue weighted by Gasteiger charge is -2.08. The van der Waals surface area contributed by atoms with Crippen LogP contribution in [-0.2, 0) is 11.3 Å². The van der Waals surface area contributed by atoms with E-state index < -0.39 is 0 Å². The van der Waals surface area contributed by atoms with Crippen molar-refractivity contribution in [1.29, 1.82) is 0 Å². The Labute approximate surface area is 169 Å². The zero-order valence-corrected chi connectivity index (χ0v) is 16.2. The number of ether oxygens (including phenoxy) is 1. The van der Waals surface area contributed by atoms with Crippen LogP contribution in [0.4, 0.5) is 0 Å². The van der Waals surface area contributed by atoms with Gasteiger partial charge in [-0.25, -0.2) is 4.68 Å². The van der Waals surface area contributed by atoms with Crippen molar-refractivity contribution in [2.75, 3.05) is 13.2 Å². The highest BCUT2D eigenvalue weighted by atomic mass is 16.5. The third kappa shape index (κ3) is 5.90. The van der Waals surface area contributed by atoms with Crippen molar-refractivity contribution in [2.45, 2.75) is 13.5 Å². The van der Waals surface area contributed by atoms with Crippen molar-refractivity contribution >= 4 is 12.0 Å². The molecule has 0 atom stereocenters. The fraction of sp³-hybridized carbons (Fsp3) is 0.174. The number of rotatable bonds is 8. The normalized spacial score (nSPS) is 10.8. The molecule has 1 N–H and O–H groups in total. The molecule has 0 fully saturated rings. The van der Waals surface area contributed by atoms with Gasteiger partial charge in [-0.2, -0.15) is 5.10 Å². The maximum atomic E-state index is 12.1. The van der Waals surface area contributed by atoms with E-state index in [4.69, 9.17) is 4.74 Å². The lowest BCUT2D eigenvalue weighted by molar-refractivity contribution is -0.116. The van der Waals surface area contributed by atoms with Crippen LogP contribution in [-0.4, -0.2) is 28.8 Å². The number of nitrogens with zero attached hydrogens (tertiary/aromatic N) is 2. The zero-order chi connectivity index (χ0) is 20.5. The Morgan fingerprint density at radius 1 is 1.07 bits per heavy atom. The third-order valence-corrected chi connectivity index (χ3v) is 4.18. The van der Waals surface area contributed by atoms with E-state index in [0.717, 1.165) is 16.9 Å². The van der Waals surface area contributed by atoms with Crippen LogP contribution >= 0.6 is 0 Å². The van der Waals surface area contributed by atoms with E-state index in [-0.39, 0.29) is 18.0 Å². The topological polar surface area (TPSA) is 73.2 Å². The first-order chi connectivity index (χ1) is 14.2. The predicted octanol–water partition coefficient (Wildman–Crippen LogP) is 3.14. The Bertz CT molecular complexity index is 1030. The Morgan fingerprint density at radius 3 is 2.55 bits per heavy atom. The molecule has 0 spiro atoms. The Morgan fingerprint density at radius 2 is 1.83 bits per heavy atom. The average molecular weight is 389 g/mol. The summed E-state index contributed by atoms with van der Waals surface area (Å²) >= 11 is 0. The fourth-order valence-corrected chi connectivity index (χ4v) is 2.73. The van der Waals surface area contributed by atoms with Crippen LogP contribution in [0, 0.1) is 0 Å². The van der Waals surface area contributed by atoms with Gasteiger partial charge in [0.2, 0.25) is 5.91 Å². The number of nitrogens with one attached hydrogen (secondary N) is 1. The van der Waals surface area contributed by atoms with E-state index >= 15 is 0 Å². The Balaban J connectivity index is 1.59. The van der Waals surface area contributed by atoms with Crippen molar-refractivity contribution in [1.82, 2.24) is 15.1 Å². The minimum atomic E-state index is -0.218. The van der Waals surface area contributed by atoms with Gasteiger partial charge in [0.15, 0.2) is 0 Å². The first kappa shape index (κ1) is 20.1.